The molecule has 11 heavy (non-hydrogen) atoms. The lowest BCUT2D eigenvalue weighted by Gasteiger charge is -2.05. The standard InChI is InChI=1S/C5H12.C2H5NO.C2H6.H2/c1-5(2,3)4;3-1-2-4;1-2;/h1-4H3;2H,1,3H2;1-2H3;1H. The molecule has 0 radical (unpaired) electrons. The predicted octanol–water partition coefficient (Wildman–Crippen LogP) is 2.47. The molecule has 0 aliphatic carbocycles. The molecular formula is C9H25NO. The van der Waals surface area contributed by atoms with Gasteiger partial charge >= 0.3 is 0 Å². The van der Waals surface area contributed by atoms with E-state index in [1.807, 2.05) is 13.8 Å². The highest BCUT2D eigenvalue weighted by molar-refractivity contribution is 5.51. The van der Waals surface area contributed by atoms with Gasteiger partial charge in [-0.05, 0) is 5.41 Å². The van der Waals surface area contributed by atoms with Gasteiger partial charge in [-0.2, -0.15) is 0 Å². The summed E-state index contributed by atoms with van der Waals surface area (Å²) in [4.78, 5) is 9.05. The second-order valence-corrected chi connectivity index (χ2v) is 3.40. The normalized spacial score (nSPS) is 8.27. The Morgan fingerprint density at radius 2 is 1.36 bits per heavy atom. The molecule has 2 N–H and O–H groups in total. The first-order valence-corrected chi connectivity index (χ1v) is 4.05. The first kappa shape index (κ1) is 16.9. The number of carbonyl (C=O) groups excluding carboxylic acids is 1. The number of rotatable bonds is 1. The zero-order valence-corrected chi connectivity index (χ0v) is 8.77. The smallest absolute Gasteiger partial charge is 0.133 e. The highest BCUT2D eigenvalue weighted by Crippen LogP contribution is 2.07. The van der Waals surface area contributed by atoms with E-state index < -0.39 is 0 Å². The molecule has 72 valence electrons. The van der Waals surface area contributed by atoms with Crippen LogP contribution in [0.1, 0.15) is 43.0 Å². The molecule has 0 atom stereocenters. The van der Waals surface area contributed by atoms with Crippen LogP contribution in [0.15, 0.2) is 0 Å². The Morgan fingerprint density at radius 3 is 1.36 bits per heavy atom. The summed E-state index contributed by atoms with van der Waals surface area (Å²) in [6.07, 6.45) is 0.653. The minimum Gasteiger partial charge on any atom is -0.324 e. The topological polar surface area (TPSA) is 43.1 Å². The van der Waals surface area contributed by atoms with Gasteiger partial charge in [0.05, 0.1) is 0 Å². The lowest BCUT2D eigenvalue weighted by atomic mass is 10.0. The molecule has 0 bridgehead atoms. The van der Waals surface area contributed by atoms with Crippen molar-refractivity contribution in [3.05, 3.63) is 0 Å². The molecular weight excluding hydrogens is 138 g/mol. The molecule has 0 heterocycles. The average Bonchev–Trinajstić information content (AvgIpc) is 1.89. The van der Waals surface area contributed by atoms with Gasteiger partial charge in [0, 0.05) is 7.97 Å². The summed E-state index contributed by atoms with van der Waals surface area (Å²) in [5, 5.41) is 0. The van der Waals surface area contributed by atoms with Crippen molar-refractivity contribution in [2.45, 2.75) is 41.5 Å². The Kier molecular flexibility index (Phi) is 19.0. The van der Waals surface area contributed by atoms with Crippen LogP contribution in [0.3, 0.4) is 0 Å². The molecule has 0 fully saturated rings. The zero-order chi connectivity index (χ0) is 9.91. The second kappa shape index (κ2) is 12.3. The van der Waals surface area contributed by atoms with Crippen LogP contribution in [0.25, 0.3) is 0 Å². The van der Waals surface area contributed by atoms with Crippen LogP contribution < -0.4 is 5.73 Å². The van der Waals surface area contributed by atoms with E-state index in [0.717, 1.165) is 0 Å². The fraction of sp³-hybridized carbons (Fsp3) is 0.889. The lowest BCUT2D eigenvalue weighted by Crippen LogP contribution is -1.97. The van der Waals surface area contributed by atoms with Gasteiger partial charge in [0.1, 0.15) is 6.29 Å². The lowest BCUT2D eigenvalue weighted by molar-refractivity contribution is -0.106. The third-order valence-electron chi connectivity index (χ3n) is 0.0962. The quantitative estimate of drug-likeness (QED) is 0.603. The van der Waals surface area contributed by atoms with Gasteiger partial charge in [-0.15, -0.1) is 0 Å². The summed E-state index contributed by atoms with van der Waals surface area (Å²) in [7, 11) is 0. The fourth-order valence-electron chi connectivity index (χ4n) is 0. The van der Waals surface area contributed by atoms with E-state index in [1.54, 1.807) is 0 Å². The molecule has 0 aromatic carbocycles. The molecule has 0 saturated heterocycles. The van der Waals surface area contributed by atoms with Crippen molar-refractivity contribution in [3.63, 3.8) is 0 Å². The van der Waals surface area contributed by atoms with Gasteiger partial charge in [0.25, 0.3) is 0 Å². The van der Waals surface area contributed by atoms with Gasteiger partial charge in [0.2, 0.25) is 0 Å². The minimum absolute atomic E-state index is 0. The fourth-order valence-corrected chi connectivity index (χ4v) is 0. The molecule has 0 aliphatic heterocycles. The average molecular weight is 163 g/mol. The number of hydrogen-bond donors (Lipinski definition) is 1. The zero-order valence-electron chi connectivity index (χ0n) is 8.77. The van der Waals surface area contributed by atoms with Crippen molar-refractivity contribution in [1.29, 1.82) is 0 Å². The van der Waals surface area contributed by atoms with Gasteiger partial charge in [0.15, 0.2) is 0 Å². The van der Waals surface area contributed by atoms with Gasteiger partial charge < -0.3 is 10.5 Å². The van der Waals surface area contributed by atoms with Crippen LogP contribution in [0.5, 0.6) is 0 Å². The van der Waals surface area contributed by atoms with Crippen LogP contribution in [0, 0.1) is 5.41 Å². The molecule has 0 unspecified atom stereocenters. The summed E-state index contributed by atoms with van der Waals surface area (Å²) in [6, 6.07) is 0. The van der Waals surface area contributed by atoms with Crippen molar-refractivity contribution in [3.8, 4) is 0 Å². The van der Waals surface area contributed by atoms with E-state index in [-0.39, 0.29) is 7.97 Å². The number of carbonyl (C=O) groups is 1. The van der Waals surface area contributed by atoms with E-state index in [0.29, 0.717) is 11.7 Å². The van der Waals surface area contributed by atoms with Gasteiger partial charge in [-0.3, -0.25) is 0 Å². The predicted molar refractivity (Wildman–Crippen MR) is 53.7 cm³/mol. The van der Waals surface area contributed by atoms with E-state index in [1.165, 1.54) is 0 Å². The van der Waals surface area contributed by atoms with Crippen molar-refractivity contribution in [2.24, 2.45) is 11.1 Å². The molecule has 0 aliphatic rings. The maximum Gasteiger partial charge on any atom is 0.133 e. The SMILES string of the molecule is CC.CC(C)(C)C.NCC=O.[HH]. The van der Waals surface area contributed by atoms with E-state index in [9.17, 15) is 0 Å². The molecule has 0 saturated carbocycles. The third-order valence-corrected chi connectivity index (χ3v) is 0.0962. The molecule has 2 heteroatoms. The van der Waals surface area contributed by atoms with E-state index in [2.05, 4.69) is 33.4 Å². The van der Waals surface area contributed by atoms with Crippen molar-refractivity contribution in [1.82, 2.24) is 0 Å². The Hall–Kier alpha value is -0.370. The van der Waals surface area contributed by atoms with Crippen LogP contribution in [0.4, 0.5) is 0 Å². The Balaban J connectivity index is -0.0000000419. The number of aldehydes is 1. The first-order valence-electron chi connectivity index (χ1n) is 4.05. The van der Waals surface area contributed by atoms with Crippen molar-refractivity contribution >= 4 is 6.29 Å². The Morgan fingerprint density at radius 1 is 1.27 bits per heavy atom. The molecule has 0 rings (SSSR count). The van der Waals surface area contributed by atoms with Crippen molar-refractivity contribution < 1.29 is 6.22 Å². The minimum atomic E-state index is 0. The molecule has 0 aromatic rings. The maximum absolute atomic E-state index is 9.05. The van der Waals surface area contributed by atoms with Gasteiger partial charge in [-0.1, -0.05) is 41.5 Å². The summed E-state index contributed by atoms with van der Waals surface area (Å²) in [6.45, 7) is 12.9. The summed E-state index contributed by atoms with van der Waals surface area (Å²) in [5.74, 6) is 0. The monoisotopic (exact) mass is 163 g/mol. The van der Waals surface area contributed by atoms with E-state index in [4.69, 9.17) is 4.79 Å². The summed E-state index contributed by atoms with van der Waals surface area (Å²) in [5.41, 5.74) is 5.16. The number of hydrogen-bond acceptors (Lipinski definition) is 2. The highest BCUT2D eigenvalue weighted by Gasteiger charge is 1.95. The molecule has 0 amide bonds. The second-order valence-electron chi connectivity index (χ2n) is 3.40. The molecule has 0 aromatic heterocycles. The van der Waals surface area contributed by atoms with Crippen LogP contribution in [-0.4, -0.2) is 12.8 Å². The third kappa shape index (κ3) is 1410. The summed E-state index contributed by atoms with van der Waals surface area (Å²) < 4.78 is 0. The van der Waals surface area contributed by atoms with Crippen LogP contribution >= 0.6 is 0 Å². The van der Waals surface area contributed by atoms with Crippen LogP contribution in [-0.2, 0) is 4.79 Å². The first-order chi connectivity index (χ1) is 4.91. The van der Waals surface area contributed by atoms with E-state index >= 15 is 0 Å². The van der Waals surface area contributed by atoms with Gasteiger partial charge in [-0.25, -0.2) is 0 Å². The largest absolute Gasteiger partial charge is 0.324 e. The van der Waals surface area contributed by atoms with Crippen LogP contribution in [0.2, 0.25) is 0 Å². The Bertz CT molecular complexity index is 63.4. The molecule has 0 spiro atoms. The molecule has 2 nitrogen and oxygen atoms in total. The number of nitrogens with two attached hydrogens (primary N) is 1. The maximum atomic E-state index is 9.05. The highest BCUT2D eigenvalue weighted by atomic mass is 16.1. The summed E-state index contributed by atoms with van der Waals surface area (Å²) >= 11 is 0. The Labute approximate surface area is 72.7 Å². The van der Waals surface area contributed by atoms with Crippen molar-refractivity contribution in [2.75, 3.05) is 6.54 Å².